The molecule has 2 aliphatic heterocycles. The first-order chi connectivity index (χ1) is 17.2. The highest BCUT2D eigenvalue weighted by Crippen LogP contribution is 2.52. The molecule has 0 amide bonds. The molecule has 3 heterocycles. The summed E-state index contributed by atoms with van der Waals surface area (Å²) in [6.07, 6.45) is 1.11. The van der Waals surface area contributed by atoms with E-state index in [1.54, 1.807) is 27.7 Å². The van der Waals surface area contributed by atoms with Crippen molar-refractivity contribution in [1.82, 2.24) is 14.8 Å². The predicted molar refractivity (Wildman–Crippen MR) is 131 cm³/mol. The van der Waals surface area contributed by atoms with E-state index in [1.807, 2.05) is 53.2 Å². The van der Waals surface area contributed by atoms with E-state index in [2.05, 4.69) is 33.6 Å². The molecule has 0 bridgehead atoms. The van der Waals surface area contributed by atoms with Gasteiger partial charge in [-0.2, -0.15) is 10.1 Å². The number of ether oxygens (including phenoxy) is 4. The van der Waals surface area contributed by atoms with Crippen molar-refractivity contribution in [2.45, 2.75) is 12.1 Å². The zero-order valence-electron chi connectivity index (χ0n) is 19.6. The van der Waals surface area contributed by atoms with E-state index in [4.69, 9.17) is 18.9 Å². The Morgan fingerprint density at radius 1 is 0.857 bits per heavy atom. The van der Waals surface area contributed by atoms with Gasteiger partial charge in [0.25, 0.3) is 0 Å². The number of para-hydroxylation sites is 1. The minimum Gasteiger partial charge on any atom is -0.493 e. The molecular formula is C27H24N4O4. The van der Waals surface area contributed by atoms with Crippen molar-refractivity contribution in [3.8, 4) is 23.0 Å². The molecule has 0 fully saturated rings. The van der Waals surface area contributed by atoms with Crippen LogP contribution in [0, 0.1) is 0 Å². The fourth-order valence-corrected chi connectivity index (χ4v) is 4.90. The Morgan fingerprint density at radius 3 is 2.29 bits per heavy atom. The summed E-state index contributed by atoms with van der Waals surface area (Å²) >= 11 is 0. The number of nitrogens with one attached hydrogen (secondary N) is 1. The van der Waals surface area contributed by atoms with Crippen LogP contribution in [-0.4, -0.2) is 36.1 Å². The lowest BCUT2D eigenvalue weighted by atomic mass is 9.84. The Labute approximate surface area is 202 Å². The quantitative estimate of drug-likeness (QED) is 0.448. The summed E-state index contributed by atoms with van der Waals surface area (Å²) in [5.74, 6) is 3.11. The first-order valence-electron chi connectivity index (χ1n) is 11.2. The molecule has 8 nitrogen and oxygen atoms in total. The van der Waals surface area contributed by atoms with Crippen LogP contribution in [0.4, 0.5) is 5.95 Å². The van der Waals surface area contributed by atoms with Crippen LogP contribution in [0.15, 0.2) is 78.6 Å². The van der Waals surface area contributed by atoms with Crippen LogP contribution in [0.25, 0.3) is 5.70 Å². The minimum atomic E-state index is -0.455. The number of fused-ring (bicyclic) bond motifs is 3. The van der Waals surface area contributed by atoms with E-state index in [9.17, 15) is 0 Å². The second-order valence-electron chi connectivity index (χ2n) is 8.25. The number of anilines is 1. The topological polar surface area (TPSA) is 79.7 Å². The third-order valence-electron chi connectivity index (χ3n) is 6.43. The van der Waals surface area contributed by atoms with Gasteiger partial charge in [0, 0.05) is 16.7 Å². The average Bonchev–Trinajstić information content (AvgIpc) is 3.39. The molecule has 4 aromatic rings. The molecule has 2 unspecified atom stereocenters. The number of hydrogen-bond acceptors (Lipinski definition) is 7. The number of nitrogens with zero attached hydrogens (tertiary/aromatic N) is 3. The van der Waals surface area contributed by atoms with Crippen molar-refractivity contribution in [2.75, 3.05) is 26.6 Å². The molecule has 176 valence electrons. The van der Waals surface area contributed by atoms with Crippen LogP contribution < -0.4 is 24.3 Å². The molecule has 0 radical (unpaired) electrons. The third-order valence-corrected chi connectivity index (χ3v) is 6.43. The highest BCUT2D eigenvalue weighted by Gasteiger charge is 2.41. The third kappa shape index (κ3) is 3.29. The van der Waals surface area contributed by atoms with Crippen LogP contribution in [0.1, 0.15) is 28.8 Å². The summed E-state index contributed by atoms with van der Waals surface area (Å²) in [7, 11) is 4.82. The maximum absolute atomic E-state index is 6.69. The highest BCUT2D eigenvalue weighted by molar-refractivity contribution is 5.85. The van der Waals surface area contributed by atoms with Crippen molar-refractivity contribution in [3.63, 3.8) is 0 Å². The van der Waals surface area contributed by atoms with Crippen LogP contribution in [0.5, 0.6) is 23.0 Å². The average molecular weight is 469 g/mol. The van der Waals surface area contributed by atoms with Crippen molar-refractivity contribution >= 4 is 11.6 Å². The number of methoxy groups -OCH3 is 3. The van der Waals surface area contributed by atoms with Gasteiger partial charge in [0.15, 0.2) is 11.5 Å². The van der Waals surface area contributed by atoms with Gasteiger partial charge in [-0.15, -0.1) is 0 Å². The molecule has 0 saturated carbocycles. The molecule has 1 aromatic heterocycles. The second-order valence-corrected chi connectivity index (χ2v) is 8.25. The van der Waals surface area contributed by atoms with E-state index in [0.717, 1.165) is 33.7 Å². The zero-order chi connectivity index (χ0) is 23.9. The van der Waals surface area contributed by atoms with E-state index in [-0.39, 0.29) is 6.04 Å². The number of benzene rings is 3. The normalized spacial score (nSPS) is 17.9. The minimum absolute atomic E-state index is 0.234. The van der Waals surface area contributed by atoms with Crippen molar-refractivity contribution in [2.24, 2.45) is 0 Å². The fourth-order valence-electron chi connectivity index (χ4n) is 4.90. The van der Waals surface area contributed by atoms with Crippen molar-refractivity contribution < 1.29 is 18.9 Å². The standard InChI is InChI=1S/C27H24N4O4/c1-32-20-13-17(14-21(33-2)26(20)34-3)25-22-23(18-11-7-8-12-19(18)35-25)30-27-28-15-29-31(27)24(22)16-9-5-4-6-10-16/h4-15,24-25H,1-3H3,(H,28,29,30). The van der Waals surface area contributed by atoms with Gasteiger partial charge in [-0.3, -0.25) is 0 Å². The first kappa shape index (κ1) is 21.1. The maximum Gasteiger partial charge on any atom is 0.226 e. The Kier molecular flexibility index (Phi) is 5.06. The van der Waals surface area contributed by atoms with Crippen LogP contribution in [0.3, 0.4) is 0 Å². The van der Waals surface area contributed by atoms with Crippen LogP contribution >= 0.6 is 0 Å². The Balaban J connectivity index is 1.62. The van der Waals surface area contributed by atoms with Gasteiger partial charge < -0.3 is 24.3 Å². The highest BCUT2D eigenvalue weighted by atomic mass is 16.5. The predicted octanol–water partition coefficient (Wildman–Crippen LogP) is 4.86. The van der Waals surface area contributed by atoms with Crippen molar-refractivity contribution in [3.05, 3.63) is 95.3 Å². The number of hydrogen-bond donors (Lipinski definition) is 1. The fraction of sp³-hybridized carbons (Fsp3) is 0.185. The lowest BCUT2D eigenvalue weighted by Gasteiger charge is -2.39. The molecular weight excluding hydrogens is 444 g/mol. The monoisotopic (exact) mass is 468 g/mol. The van der Waals surface area contributed by atoms with E-state index >= 15 is 0 Å². The molecule has 0 aliphatic carbocycles. The molecule has 3 aromatic carbocycles. The molecule has 6 rings (SSSR count). The molecule has 2 aliphatic rings. The van der Waals surface area contributed by atoms with Crippen LogP contribution in [-0.2, 0) is 0 Å². The zero-order valence-corrected chi connectivity index (χ0v) is 19.6. The summed E-state index contributed by atoms with van der Waals surface area (Å²) in [5.41, 5.74) is 4.89. The lowest BCUT2D eigenvalue weighted by molar-refractivity contribution is 0.221. The van der Waals surface area contributed by atoms with Gasteiger partial charge in [0.05, 0.1) is 27.0 Å². The van der Waals surface area contributed by atoms with Gasteiger partial charge >= 0.3 is 0 Å². The first-order valence-corrected chi connectivity index (χ1v) is 11.2. The van der Waals surface area contributed by atoms with E-state index in [1.165, 1.54) is 0 Å². The van der Waals surface area contributed by atoms with E-state index < -0.39 is 6.10 Å². The lowest BCUT2D eigenvalue weighted by Crippen LogP contribution is -2.32. The second kappa shape index (κ2) is 8.39. The largest absolute Gasteiger partial charge is 0.493 e. The summed E-state index contributed by atoms with van der Waals surface area (Å²) < 4.78 is 25.4. The maximum atomic E-state index is 6.69. The van der Waals surface area contributed by atoms with Gasteiger partial charge in [0.2, 0.25) is 11.7 Å². The van der Waals surface area contributed by atoms with Gasteiger partial charge in [-0.05, 0) is 29.8 Å². The summed E-state index contributed by atoms with van der Waals surface area (Å²) in [6.45, 7) is 0. The molecule has 0 saturated heterocycles. The van der Waals surface area contributed by atoms with Gasteiger partial charge in [-0.25, -0.2) is 4.68 Å². The summed E-state index contributed by atoms with van der Waals surface area (Å²) in [5, 5.41) is 8.08. The number of aromatic nitrogens is 3. The van der Waals surface area contributed by atoms with Gasteiger partial charge in [0.1, 0.15) is 24.2 Å². The smallest absolute Gasteiger partial charge is 0.226 e. The summed E-state index contributed by atoms with van der Waals surface area (Å²) in [6, 6.07) is 21.9. The molecule has 0 spiro atoms. The Morgan fingerprint density at radius 2 is 1.57 bits per heavy atom. The molecule has 35 heavy (non-hydrogen) atoms. The number of rotatable bonds is 5. The molecule has 1 N–H and O–H groups in total. The summed E-state index contributed by atoms with van der Waals surface area (Å²) in [4.78, 5) is 4.48. The Bertz CT molecular complexity index is 1410. The van der Waals surface area contributed by atoms with Crippen molar-refractivity contribution in [1.29, 1.82) is 0 Å². The Hall–Kier alpha value is -4.46. The molecule has 2 atom stereocenters. The van der Waals surface area contributed by atoms with Gasteiger partial charge in [-0.1, -0.05) is 42.5 Å². The van der Waals surface area contributed by atoms with Crippen LogP contribution in [0.2, 0.25) is 0 Å². The molecule has 8 heteroatoms. The SMILES string of the molecule is COc1cc(C2Oc3ccccc3C3=C2C(c2ccccc2)n2ncnc2N3)cc(OC)c1OC. The van der Waals surface area contributed by atoms with E-state index in [0.29, 0.717) is 23.2 Å².